The van der Waals surface area contributed by atoms with Crippen LogP contribution in [0, 0.1) is 0 Å². The molecular weight excluding hydrogens is 274 g/mol. The number of likely N-dealkylation sites (tertiary alicyclic amines) is 1. The smallest absolute Gasteiger partial charge is 0.242 e. The third-order valence-electron chi connectivity index (χ3n) is 3.09. The molecule has 0 aromatic carbocycles. The van der Waals surface area contributed by atoms with Crippen molar-refractivity contribution in [2.45, 2.75) is 39.8 Å². The predicted molar refractivity (Wildman–Crippen MR) is 86.8 cm³/mol. The monoisotopic (exact) mass is 301 g/mol. The van der Waals surface area contributed by atoms with E-state index in [-0.39, 0.29) is 34.3 Å². The van der Waals surface area contributed by atoms with E-state index < -0.39 is 12.1 Å². The van der Waals surface area contributed by atoms with Gasteiger partial charge in [0.15, 0.2) is 0 Å². The van der Waals surface area contributed by atoms with E-state index in [2.05, 4.69) is 4.98 Å². The number of aliphatic hydroxyl groups is 1. The van der Waals surface area contributed by atoms with Crippen LogP contribution >= 0.6 is 13.5 Å². The molecule has 5 nitrogen and oxygen atoms in total. The molecule has 1 amide bonds. The van der Waals surface area contributed by atoms with Gasteiger partial charge in [-0.25, -0.2) is 0 Å². The van der Waals surface area contributed by atoms with Gasteiger partial charge in [-0.3, -0.25) is 9.78 Å². The maximum atomic E-state index is 12.0. The molecule has 116 valence electrons. The molecule has 1 aliphatic rings. The molecule has 1 fully saturated rings. The molecule has 0 aliphatic carbocycles. The largest absolute Gasteiger partial charge is 0.386 e. The minimum Gasteiger partial charge on any atom is -0.386 e. The second-order valence-corrected chi connectivity index (χ2v) is 4.28. The van der Waals surface area contributed by atoms with Crippen molar-refractivity contribution in [3.8, 4) is 0 Å². The summed E-state index contributed by atoms with van der Waals surface area (Å²) in [5, 5.41) is 10.0. The van der Waals surface area contributed by atoms with E-state index in [0.717, 1.165) is 25.9 Å². The second-order valence-electron chi connectivity index (χ2n) is 4.28. The average molecular weight is 301 g/mol. The van der Waals surface area contributed by atoms with Crippen LogP contribution in [0.3, 0.4) is 0 Å². The van der Waals surface area contributed by atoms with Crippen molar-refractivity contribution in [1.82, 2.24) is 9.88 Å². The number of carbonyl (C=O) groups is 1. The van der Waals surface area contributed by atoms with Crippen LogP contribution in [0.25, 0.3) is 0 Å². The van der Waals surface area contributed by atoms with Crippen molar-refractivity contribution >= 4 is 19.4 Å². The van der Waals surface area contributed by atoms with E-state index in [9.17, 15) is 9.90 Å². The van der Waals surface area contributed by atoms with Crippen LogP contribution in [0.1, 0.15) is 39.4 Å². The topological polar surface area (TPSA) is 79.5 Å². The van der Waals surface area contributed by atoms with Crippen molar-refractivity contribution in [2.24, 2.45) is 5.73 Å². The third kappa shape index (κ3) is 4.77. The lowest BCUT2D eigenvalue weighted by molar-refractivity contribution is -0.134. The van der Waals surface area contributed by atoms with Gasteiger partial charge >= 0.3 is 0 Å². The summed E-state index contributed by atoms with van der Waals surface area (Å²) in [6, 6.07) is 2.44. The van der Waals surface area contributed by atoms with Crippen molar-refractivity contribution < 1.29 is 9.90 Å². The van der Waals surface area contributed by atoms with Gasteiger partial charge in [0.2, 0.25) is 5.91 Å². The summed E-state index contributed by atoms with van der Waals surface area (Å²) in [4.78, 5) is 17.6. The van der Waals surface area contributed by atoms with E-state index in [1.807, 2.05) is 0 Å². The Labute approximate surface area is 128 Å². The Balaban J connectivity index is 0. The number of amides is 1. The zero-order chi connectivity index (χ0) is 12.3. The lowest BCUT2D eigenvalue weighted by Crippen LogP contribution is -2.45. The van der Waals surface area contributed by atoms with E-state index in [1.165, 1.54) is 0 Å². The fourth-order valence-corrected chi connectivity index (χ4v) is 2.05. The summed E-state index contributed by atoms with van der Waals surface area (Å²) in [5.41, 5.74) is 6.44. The maximum absolute atomic E-state index is 12.0. The molecule has 0 radical (unpaired) electrons. The van der Waals surface area contributed by atoms with Crippen LogP contribution in [-0.2, 0) is 4.79 Å². The number of aromatic nitrogens is 1. The SMILES string of the molecule is C.C.N[C@@H](C(=O)N1CCCC1)[C@@H](O)c1ccncc1.S. The molecule has 2 atom stereocenters. The van der Waals surface area contributed by atoms with Crippen LogP contribution in [0.5, 0.6) is 0 Å². The number of nitrogens with two attached hydrogens (primary N) is 1. The van der Waals surface area contributed by atoms with Gasteiger partial charge in [-0.05, 0) is 30.5 Å². The van der Waals surface area contributed by atoms with Crippen LogP contribution in [-0.4, -0.2) is 40.0 Å². The minimum absolute atomic E-state index is 0. The Morgan fingerprint density at radius 2 is 1.75 bits per heavy atom. The highest BCUT2D eigenvalue weighted by Crippen LogP contribution is 2.18. The first-order chi connectivity index (χ1) is 8.20. The summed E-state index contributed by atoms with van der Waals surface area (Å²) in [5.74, 6) is -0.174. The third-order valence-corrected chi connectivity index (χ3v) is 3.09. The first-order valence-electron chi connectivity index (χ1n) is 5.82. The first kappa shape index (κ1) is 21.2. The Bertz CT molecular complexity index is 383. The number of rotatable bonds is 3. The van der Waals surface area contributed by atoms with Gasteiger partial charge in [-0.2, -0.15) is 13.5 Å². The molecule has 1 aromatic heterocycles. The Morgan fingerprint density at radius 1 is 1.25 bits per heavy atom. The summed E-state index contributed by atoms with van der Waals surface area (Å²) in [6.45, 7) is 1.49. The molecule has 3 N–H and O–H groups in total. The quantitative estimate of drug-likeness (QED) is 0.885. The van der Waals surface area contributed by atoms with E-state index in [0.29, 0.717) is 5.56 Å². The van der Waals surface area contributed by atoms with Crippen LogP contribution in [0.15, 0.2) is 24.5 Å². The van der Waals surface area contributed by atoms with Gasteiger partial charge in [-0.1, -0.05) is 14.9 Å². The van der Waals surface area contributed by atoms with Gasteiger partial charge < -0.3 is 15.7 Å². The number of pyridine rings is 1. The maximum Gasteiger partial charge on any atom is 0.242 e. The molecule has 1 aromatic rings. The van der Waals surface area contributed by atoms with E-state index >= 15 is 0 Å². The van der Waals surface area contributed by atoms with Crippen molar-refractivity contribution in [3.05, 3.63) is 30.1 Å². The Kier molecular flexibility index (Phi) is 10.3. The highest BCUT2D eigenvalue weighted by atomic mass is 32.1. The van der Waals surface area contributed by atoms with Gasteiger partial charge in [0.1, 0.15) is 12.1 Å². The summed E-state index contributed by atoms with van der Waals surface area (Å²) in [6.07, 6.45) is 4.22. The van der Waals surface area contributed by atoms with Crippen molar-refractivity contribution in [3.63, 3.8) is 0 Å². The van der Waals surface area contributed by atoms with E-state index in [1.54, 1.807) is 29.4 Å². The number of carbonyl (C=O) groups excluding carboxylic acids is 1. The molecule has 20 heavy (non-hydrogen) atoms. The van der Waals surface area contributed by atoms with Gasteiger partial charge in [0.05, 0.1) is 0 Å². The molecule has 1 aliphatic heterocycles. The molecule has 0 spiro atoms. The molecule has 1 saturated heterocycles. The van der Waals surface area contributed by atoms with Crippen LogP contribution in [0.2, 0.25) is 0 Å². The number of hydrogen-bond donors (Lipinski definition) is 2. The lowest BCUT2D eigenvalue weighted by Gasteiger charge is -2.23. The number of aliphatic hydroxyl groups excluding tert-OH is 1. The van der Waals surface area contributed by atoms with Gasteiger partial charge in [0, 0.05) is 25.5 Å². The summed E-state index contributed by atoms with van der Waals surface area (Å²) in [7, 11) is 0. The molecule has 0 unspecified atom stereocenters. The summed E-state index contributed by atoms with van der Waals surface area (Å²) < 4.78 is 0. The highest BCUT2D eigenvalue weighted by Gasteiger charge is 2.29. The molecule has 0 saturated carbocycles. The normalized spacial score (nSPS) is 16.2. The lowest BCUT2D eigenvalue weighted by atomic mass is 10.0. The van der Waals surface area contributed by atoms with E-state index in [4.69, 9.17) is 5.73 Å². The molecule has 2 rings (SSSR count). The standard InChI is InChI=1S/C12H17N3O2.2CH4.H2S/c13-10(12(17)15-7-1-2-8-15)11(16)9-3-5-14-6-4-9;;;/h3-6,10-11,16H,1-2,7-8,13H2;2*1H4;1H2/t10-,11+;;;/m1.../s1. The number of hydrogen-bond acceptors (Lipinski definition) is 4. The predicted octanol–water partition coefficient (Wildman–Crippen LogP) is 1.45. The number of nitrogens with zero attached hydrogens (tertiary/aromatic N) is 2. The fourth-order valence-electron chi connectivity index (χ4n) is 2.05. The average Bonchev–Trinajstić information content (AvgIpc) is 2.91. The fraction of sp³-hybridized carbons (Fsp3) is 0.571. The minimum atomic E-state index is -0.967. The van der Waals surface area contributed by atoms with Crippen molar-refractivity contribution in [2.75, 3.05) is 13.1 Å². The molecule has 2 heterocycles. The molecule has 0 bridgehead atoms. The van der Waals surface area contributed by atoms with Crippen molar-refractivity contribution in [1.29, 1.82) is 0 Å². The molecular formula is C14H27N3O2S. The highest BCUT2D eigenvalue weighted by molar-refractivity contribution is 7.59. The van der Waals surface area contributed by atoms with Gasteiger partial charge in [0.25, 0.3) is 0 Å². The first-order valence-corrected chi connectivity index (χ1v) is 5.82. The Morgan fingerprint density at radius 3 is 2.25 bits per heavy atom. The zero-order valence-electron chi connectivity index (χ0n) is 10.1. The summed E-state index contributed by atoms with van der Waals surface area (Å²) >= 11 is 0. The Hall–Kier alpha value is -1.11. The zero-order valence-corrected chi connectivity index (χ0v) is 11.1. The second kappa shape index (κ2) is 9.74. The molecule has 6 heteroatoms. The van der Waals surface area contributed by atoms with Gasteiger partial charge in [-0.15, -0.1) is 0 Å². The van der Waals surface area contributed by atoms with Crippen LogP contribution < -0.4 is 5.73 Å². The van der Waals surface area contributed by atoms with Crippen LogP contribution in [0.4, 0.5) is 0 Å².